The van der Waals surface area contributed by atoms with Gasteiger partial charge in [0, 0.05) is 13.1 Å². The number of rotatable bonds is 8. The first-order valence-electron chi connectivity index (χ1n) is 9.31. The van der Waals surface area contributed by atoms with Crippen LogP contribution < -0.4 is 15.2 Å². The molecule has 1 heterocycles. The molecule has 2 aromatic carbocycles. The second-order valence-corrected chi connectivity index (χ2v) is 6.38. The standard InChI is InChI=1S/C21H27N3O2/c22-21(24-14-4-5-15-24)23-18-10-12-20(13-11-18)26-17-7-6-16-25-19-8-2-1-3-9-19/h1-3,8-13H,4-7,14-17H2,(H2,22,23). The highest BCUT2D eigenvalue weighted by Crippen LogP contribution is 2.19. The van der Waals surface area contributed by atoms with Crippen molar-refractivity contribution < 1.29 is 9.47 Å². The summed E-state index contributed by atoms with van der Waals surface area (Å²) in [5.41, 5.74) is 6.91. The number of aliphatic imine (C=N–C) groups is 1. The quantitative estimate of drug-likeness (QED) is 0.443. The van der Waals surface area contributed by atoms with Crippen LogP contribution >= 0.6 is 0 Å². The lowest BCUT2D eigenvalue weighted by Crippen LogP contribution is -2.34. The summed E-state index contributed by atoms with van der Waals surface area (Å²) in [7, 11) is 0. The molecule has 2 aromatic rings. The van der Waals surface area contributed by atoms with E-state index in [0.29, 0.717) is 19.2 Å². The first-order chi connectivity index (χ1) is 12.8. The molecular weight excluding hydrogens is 326 g/mol. The first kappa shape index (κ1) is 18.1. The number of likely N-dealkylation sites (tertiary alicyclic amines) is 1. The molecule has 0 radical (unpaired) electrons. The fourth-order valence-corrected chi connectivity index (χ4v) is 2.87. The summed E-state index contributed by atoms with van der Waals surface area (Å²) in [6.45, 7) is 3.39. The van der Waals surface area contributed by atoms with E-state index in [2.05, 4.69) is 9.89 Å². The van der Waals surface area contributed by atoms with E-state index < -0.39 is 0 Å². The van der Waals surface area contributed by atoms with Crippen molar-refractivity contribution >= 4 is 11.6 Å². The Balaban J connectivity index is 1.34. The Bertz CT molecular complexity index is 680. The minimum atomic E-state index is 0.606. The van der Waals surface area contributed by atoms with Crippen LogP contribution in [0.15, 0.2) is 59.6 Å². The minimum Gasteiger partial charge on any atom is -0.494 e. The topological polar surface area (TPSA) is 60.1 Å². The van der Waals surface area contributed by atoms with Gasteiger partial charge in [-0.25, -0.2) is 4.99 Å². The predicted octanol–water partition coefficient (Wildman–Crippen LogP) is 3.97. The van der Waals surface area contributed by atoms with Crippen molar-refractivity contribution in [2.75, 3.05) is 26.3 Å². The van der Waals surface area contributed by atoms with Gasteiger partial charge in [-0.2, -0.15) is 0 Å². The van der Waals surface area contributed by atoms with Crippen molar-refractivity contribution in [3.8, 4) is 11.5 Å². The van der Waals surface area contributed by atoms with E-state index in [1.54, 1.807) is 0 Å². The lowest BCUT2D eigenvalue weighted by Gasteiger charge is -2.15. The smallest absolute Gasteiger partial charge is 0.196 e. The molecule has 26 heavy (non-hydrogen) atoms. The molecule has 0 aliphatic carbocycles. The fraction of sp³-hybridized carbons (Fsp3) is 0.381. The third kappa shape index (κ3) is 5.69. The molecule has 5 heteroatoms. The van der Waals surface area contributed by atoms with E-state index >= 15 is 0 Å². The number of nitrogens with zero attached hydrogens (tertiary/aromatic N) is 2. The van der Waals surface area contributed by atoms with E-state index in [0.717, 1.165) is 43.1 Å². The number of hydrogen-bond donors (Lipinski definition) is 1. The molecule has 0 unspecified atom stereocenters. The van der Waals surface area contributed by atoms with Gasteiger partial charge in [-0.15, -0.1) is 0 Å². The van der Waals surface area contributed by atoms with Gasteiger partial charge in [0.05, 0.1) is 18.9 Å². The van der Waals surface area contributed by atoms with Gasteiger partial charge in [-0.05, 0) is 62.1 Å². The summed E-state index contributed by atoms with van der Waals surface area (Å²) in [6, 6.07) is 17.6. The Kier molecular flexibility index (Phi) is 6.76. The SMILES string of the molecule is NC(=Nc1ccc(OCCCCOc2ccccc2)cc1)N1CCCC1. The number of guanidine groups is 1. The molecule has 3 rings (SSSR count). The molecule has 5 nitrogen and oxygen atoms in total. The molecule has 138 valence electrons. The normalized spacial score (nSPS) is 14.5. The van der Waals surface area contributed by atoms with Gasteiger partial charge >= 0.3 is 0 Å². The third-order valence-corrected chi connectivity index (χ3v) is 4.33. The minimum absolute atomic E-state index is 0.606. The summed E-state index contributed by atoms with van der Waals surface area (Å²) < 4.78 is 11.4. The zero-order valence-electron chi connectivity index (χ0n) is 15.1. The van der Waals surface area contributed by atoms with Crippen molar-refractivity contribution in [2.45, 2.75) is 25.7 Å². The average molecular weight is 353 g/mol. The monoisotopic (exact) mass is 353 g/mol. The van der Waals surface area contributed by atoms with Crippen LogP contribution in [0, 0.1) is 0 Å². The lowest BCUT2D eigenvalue weighted by atomic mass is 10.3. The maximum atomic E-state index is 6.05. The van der Waals surface area contributed by atoms with Crippen molar-refractivity contribution in [3.63, 3.8) is 0 Å². The second kappa shape index (κ2) is 9.70. The summed E-state index contributed by atoms with van der Waals surface area (Å²) >= 11 is 0. The molecule has 1 saturated heterocycles. The lowest BCUT2D eigenvalue weighted by molar-refractivity contribution is 0.266. The predicted molar refractivity (Wildman–Crippen MR) is 105 cm³/mol. The fourth-order valence-electron chi connectivity index (χ4n) is 2.87. The summed E-state index contributed by atoms with van der Waals surface area (Å²) in [4.78, 5) is 6.61. The number of ether oxygens (including phenoxy) is 2. The van der Waals surface area contributed by atoms with E-state index in [-0.39, 0.29) is 0 Å². The van der Waals surface area contributed by atoms with Crippen LogP contribution in [0.25, 0.3) is 0 Å². The van der Waals surface area contributed by atoms with E-state index in [1.165, 1.54) is 12.8 Å². The Morgan fingerprint density at radius 3 is 2.04 bits per heavy atom. The highest BCUT2D eigenvalue weighted by Gasteiger charge is 2.13. The van der Waals surface area contributed by atoms with Gasteiger partial charge < -0.3 is 20.1 Å². The molecule has 1 aliphatic rings. The van der Waals surface area contributed by atoms with Crippen LogP contribution in [-0.2, 0) is 0 Å². The molecule has 0 aromatic heterocycles. The van der Waals surface area contributed by atoms with Crippen molar-refractivity contribution in [3.05, 3.63) is 54.6 Å². The van der Waals surface area contributed by atoms with Crippen LogP contribution in [0.5, 0.6) is 11.5 Å². The van der Waals surface area contributed by atoms with Crippen LogP contribution in [-0.4, -0.2) is 37.2 Å². The Morgan fingerprint density at radius 2 is 1.42 bits per heavy atom. The van der Waals surface area contributed by atoms with Gasteiger partial charge in [-0.1, -0.05) is 18.2 Å². The van der Waals surface area contributed by atoms with Crippen LogP contribution in [0.2, 0.25) is 0 Å². The Morgan fingerprint density at radius 1 is 0.846 bits per heavy atom. The van der Waals surface area contributed by atoms with Gasteiger partial charge in [-0.3, -0.25) is 0 Å². The van der Waals surface area contributed by atoms with E-state index in [4.69, 9.17) is 15.2 Å². The number of para-hydroxylation sites is 1. The van der Waals surface area contributed by atoms with Crippen LogP contribution in [0.4, 0.5) is 5.69 Å². The zero-order valence-corrected chi connectivity index (χ0v) is 15.1. The molecular formula is C21H27N3O2. The highest BCUT2D eigenvalue weighted by atomic mass is 16.5. The number of hydrogen-bond acceptors (Lipinski definition) is 3. The van der Waals surface area contributed by atoms with Crippen LogP contribution in [0.1, 0.15) is 25.7 Å². The van der Waals surface area contributed by atoms with Crippen molar-refractivity contribution in [2.24, 2.45) is 10.7 Å². The van der Waals surface area contributed by atoms with Gasteiger partial charge in [0.2, 0.25) is 0 Å². The zero-order chi connectivity index (χ0) is 18.0. The Hall–Kier alpha value is -2.69. The first-order valence-corrected chi connectivity index (χ1v) is 9.31. The second-order valence-electron chi connectivity index (χ2n) is 6.38. The largest absolute Gasteiger partial charge is 0.494 e. The molecule has 0 spiro atoms. The van der Waals surface area contributed by atoms with E-state index in [1.807, 2.05) is 54.6 Å². The molecule has 0 atom stereocenters. The number of unbranched alkanes of at least 4 members (excludes halogenated alkanes) is 1. The Labute approximate surface area is 155 Å². The van der Waals surface area contributed by atoms with E-state index in [9.17, 15) is 0 Å². The highest BCUT2D eigenvalue weighted by molar-refractivity contribution is 5.81. The molecule has 1 fully saturated rings. The van der Waals surface area contributed by atoms with Crippen LogP contribution in [0.3, 0.4) is 0 Å². The molecule has 0 amide bonds. The van der Waals surface area contributed by atoms with Crippen molar-refractivity contribution in [1.29, 1.82) is 0 Å². The summed E-state index contributed by atoms with van der Waals surface area (Å²) in [5, 5.41) is 0. The van der Waals surface area contributed by atoms with Gasteiger partial charge in [0.25, 0.3) is 0 Å². The maximum Gasteiger partial charge on any atom is 0.196 e. The molecule has 1 aliphatic heterocycles. The van der Waals surface area contributed by atoms with Gasteiger partial charge in [0.15, 0.2) is 5.96 Å². The summed E-state index contributed by atoms with van der Waals surface area (Å²) in [5.74, 6) is 2.38. The average Bonchev–Trinajstić information content (AvgIpc) is 3.22. The maximum absolute atomic E-state index is 6.05. The third-order valence-electron chi connectivity index (χ3n) is 4.33. The molecule has 0 bridgehead atoms. The molecule has 2 N–H and O–H groups in total. The summed E-state index contributed by atoms with van der Waals surface area (Å²) in [6.07, 6.45) is 4.30. The van der Waals surface area contributed by atoms with Crippen molar-refractivity contribution in [1.82, 2.24) is 4.90 Å². The number of nitrogens with two attached hydrogens (primary N) is 1. The molecule has 0 saturated carbocycles. The van der Waals surface area contributed by atoms with Gasteiger partial charge in [0.1, 0.15) is 11.5 Å². The number of benzene rings is 2.